The highest BCUT2D eigenvalue weighted by Crippen LogP contribution is 2.25. The minimum Gasteiger partial charge on any atom is -0.362 e. The highest BCUT2D eigenvalue weighted by molar-refractivity contribution is 7.90. The number of para-hydroxylation sites is 1. The van der Waals surface area contributed by atoms with Crippen LogP contribution in [0.15, 0.2) is 94.4 Å². The van der Waals surface area contributed by atoms with Crippen molar-refractivity contribution in [3.8, 4) is 0 Å². The molecule has 7 nitrogen and oxygen atoms in total. The van der Waals surface area contributed by atoms with Crippen molar-refractivity contribution in [3.63, 3.8) is 0 Å². The first-order chi connectivity index (χ1) is 16.9. The number of hydrogen-bond donors (Lipinski definition) is 1. The van der Waals surface area contributed by atoms with Crippen molar-refractivity contribution in [1.29, 1.82) is 0 Å². The van der Waals surface area contributed by atoms with Gasteiger partial charge in [0.1, 0.15) is 5.84 Å². The number of fused-ring (bicyclic) bond motifs is 1. The molecule has 1 amide bonds. The van der Waals surface area contributed by atoms with E-state index >= 15 is 0 Å². The van der Waals surface area contributed by atoms with Crippen LogP contribution in [0, 0.1) is 0 Å². The molecule has 5 rings (SSSR count). The van der Waals surface area contributed by atoms with E-state index in [0.717, 1.165) is 29.4 Å². The summed E-state index contributed by atoms with van der Waals surface area (Å²) in [5.41, 5.74) is 3.01. The van der Waals surface area contributed by atoms with Crippen molar-refractivity contribution in [2.24, 2.45) is 4.40 Å². The second kappa shape index (κ2) is 9.38. The molecule has 1 aromatic heterocycles. The third kappa shape index (κ3) is 4.83. The molecular formula is C27H26N4O3S. The van der Waals surface area contributed by atoms with Crippen LogP contribution in [0.4, 0.5) is 5.69 Å². The minimum absolute atomic E-state index is 0.0506. The second-order valence-electron chi connectivity index (χ2n) is 8.66. The molecule has 1 fully saturated rings. The molecule has 0 bridgehead atoms. The summed E-state index contributed by atoms with van der Waals surface area (Å²) in [4.78, 5) is 15.2. The van der Waals surface area contributed by atoms with E-state index in [2.05, 4.69) is 14.3 Å². The number of amidine groups is 1. The Morgan fingerprint density at radius 3 is 2.54 bits per heavy atom. The fraction of sp³-hybridized carbons (Fsp3) is 0.185. The number of amides is 1. The summed E-state index contributed by atoms with van der Waals surface area (Å²) < 4.78 is 31.8. The summed E-state index contributed by atoms with van der Waals surface area (Å²) in [6.45, 7) is 1.43. The van der Waals surface area contributed by atoms with E-state index in [1.807, 2.05) is 72.7 Å². The van der Waals surface area contributed by atoms with Gasteiger partial charge < -0.3 is 14.8 Å². The molecule has 178 valence electrons. The Morgan fingerprint density at radius 2 is 1.77 bits per heavy atom. The largest absolute Gasteiger partial charge is 0.362 e. The van der Waals surface area contributed by atoms with E-state index in [4.69, 9.17) is 0 Å². The molecule has 4 aromatic rings. The second-order valence-corrected chi connectivity index (χ2v) is 10.3. The highest BCUT2D eigenvalue weighted by Gasteiger charge is 2.21. The Hall–Kier alpha value is -3.91. The van der Waals surface area contributed by atoms with Gasteiger partial charge in [-0.3, -0.25) is 4.79 Å². The number of sulfonamides is 1. The van der Waals surface area contributed by atoms with Gasteiger partial charge in [0.15, 0.2) is 0 Å². The quantitative estimate of drug-likeness (QED) is 0.426. The molecule has 3 aromatic carbocycles. The lowest BCUT2D eigenvalue weighted by atomic mass is 10.1. The number of hydrogen-bond acceptors (Lipinski definition) is 3. The van der Waals surface area contributed by atoms with Gasteiger partial charge in [0.05, 0.1) is 10.5 Å². The predicted octanol–water partition coefficient (Wildman–Crippen LogP) is 4.75. The van der Waals surface area contributed by atoms with Crippen LogP contribution in [-0.4, -0.2) is 43.2 Å². The zero-order chi connectivity index (χ0) is 24.4. The lowest BCUT2D eigenvalue weighted by molar-refractivity contribution is 0.102. The number of benzene rings is 3. The first kappa shape index (κ1) is 22.9. The van der Waals surface area contributed by atoms with Gasteiger partial charge in [0.2, 0.25) is 0 Å². The third-order valence-electron chi connectivity index (χ3n) is 6.18. The van der Waals surface area contributed by atoms with E-state index in [0.29, 0.717) is 30.1 Å². The molecule has 0 radical (unpaired) electrons. The zero-order valence-corrected chi connectivity index (χ0v) is 20.2. The van der Waals surface area contributed by atoms with Crippen molar-refractivity contribution in [3.05, 3.63) is 96.2 Å². The van der Waals surface area contributed by atoms with Crippen LogP contribution in [-0.2, 0) is 16.6 Å². The smallest absolute Gasteiger partial charge is 0.284 e. The fourth-order valence-corrected chi connectivity index (χ4v) is 5.51. The number of carbonyl (C=O) groups excluding carboxylic acids is 1. The molecule has 2 heterocycles. The fourth-order valence-electron chi connectivity index (χ4n) is 4.37. The molecule has 0 spiro atoms. The van der Waals surface area contributed by atoms with Crippen LogP contribution in [0.1, 0.15) is 28.8 Å². The Labute approximate surface area is 204 Å². The maximum absolute atomic E-state index is 13.3. The topological polar surface area (TPSA) is 83.8 Å². The molecule has 1 aliphatic heterocycles. The predicted molar refractivity (Wildman–Crippen MR) is 138 cm³/mol. The van der Waals surface area contributed by atoms with Gasteiger partial charge in [0, 0.05) is 49.3 Å². The summed E-state index contributed by atoms with van der Waals surface area (Å²) >= 11 is 0. The minimum atomic E-state index is -3.87. The standard InChI is InChI=1S/C27H26N4O3S/c1-30-16-8-15-26(30)29-35(33,34)22-12-7-11-21(17-22)28-27(32)24-19-31(18-20-9-3-2-4-10-20)25-14-6-5-13-23(24)25/h2-7,9-14,17,19H,8,15-16,18H2,1H3,(H,28,32)/b29-26+. The number of nitrogens with zero attached hydrogens (tertiary/aromatic N) is 3. The van der Waals surface area contributed by atoms with E-state index < -0.39 is 10.0 Å². The lowest BCUT2D eigenvalue weighted by Gasteiger charge is -2.11. The summed E-state index contributed by atoms with van der Waals surface area (Å²) in [7, 11) is -2.03. The summed E-state index contributed by atoms with van der Waals surface area (Å²) in [6, 6.07) is 24.0. The van der Waals surface area contributed by atoms with E-state index in [9.17, 15) is 13.2 Å². The Bertz CT molecular complexity index is 1520. The van der Waals surface area contributed by atoms with Gasteiger partial charge in [-0.25, -0.2) is 0 Å². The molecule has 0 unspecified atom stereocenters. The van der Waals surface area contributed by atoms with E-state index in [1.165, 1.54) is 12.1 Å². The monoisotopic (exact) mass is 486 g/mol. The van der Waals surface area contributed by atoms with Crippen LogP contribution < -0.4 is 5.32 Å². The Balaban J connectivity index is 1.42. The zero-order valence-electron chi connectivity index (χ0n) is 19.4. The van der Waals surface area contributed by atoms with Crippen LogP contribution >= 0.6 is 0 Å². The molecule has 1 N–H and O–H groups in total. The van der Waals surface area contributed by atoms with Gasteiger partial charge in [-0.15, -0.1) is 4.40 Å². The van der Waals surface area contributed by atoms with Crippen molar-refractivity contribution >= 4 is 38.4 Å². The van der Waals surface area contributed by atoms with Gasteiger partial charge in [-0.1, -0.05) is 54.6 Å². The Kier molecular flexibility index (Phi) is 6.13. The molecule has 8 heteroatoms. The number of likely N-dealkylation sites (tertiary alicyclic amines) is 1. The average Bonchev–Trinajstić information content (AvgIpc) is 3.43. The van der Waals surface area contributed by atoms with Gasteiger partial charge >= 0.3 is 0 Å². The number of carbonyl (C=O) groups is 1. The molecule has 35 heavy (non-hydrogen) atoms. The molecule has 1 aliphatic rings. The summed E-state index contributed by atoms with van der Waals surface area (Å²) in [5.74, 6) is 0.259. The molecule has 1 saturated heterocycles. The van der Waals surface area contributed by atoms with Crippen LogP contribution in [0.2, 0.25) is 0 Å². The molecule has 0 atom stereocenters. The Morgan fingerprint density at radius 1 is 1.00 bits per heavy atom. The maximum Gasteiger partial charge on any atom is 0.284 e. The van der Waals surface area contributed by atoms with Gasteiger partial charge in [0.25, 0.3) is 15.9 Å². The first-order valence-electron chi connectivity index (χ1n) is 11.5. The first-order valence-corrected chi connectivity index (χ1v) is 12.9. The van der Waals surface area contributed by atoms with Crippen molar-refractivity contribution in [2.75, 3.05) is 18.9 Å². The third-order valence-corrected chi connectivity index (χ3v) is 7.48. The molecule has 0 saturated carbocycles. The number of aromatic nitrogens is 1. The van der Waals surface area contributed by atoms with Gasteiger partial charge in [-0.05, 0) is 36.2 Å². The maximum atomic E-state index is 13.3. The molecule has 0 aliphatic carbocycles. The SMILES string of the molecule is CN1CCC/C1=N\S(=O)(=O)c1cccc(NC(=O)c2cn(Cc3ccccc3)c3ccccc23)c1. The van der Waals surface area contributed by atoms with E-state index in [1.54, 1.807) is 12.1 Å². The normalized spacial score (nSPS) is 15.1. The van der Waals surface area contributed by atoms with E-state index in [-0.39, 0.29) is 10.8 Å². The summed E-state index contributed by atoms with van der Waals surface area (Å²) in [6.07, 6.45) is 3.37. The summed E-state index contributed by atoms with van der Waals surface area (Å²) in [5, 5.41) is 3.70. The number of anilines is 1. The lowest BCUT2D eigenvalue weighted by Crippen LogP contribution is -2.20. The van der Waals surface area contributed by atoms with Crippen molar-refractivity contribution in [2.45, 2.75) is 24.3 Å². The van der Waals surface area contributed by atoms with Gasteiger partial charge in [-0.2, -0.15) is 8.42 Å². The van der Waals surface area contributed by atoms with Crippen molar-refractivity contribution in [1.82, 2.24) is 9.47 Å². The number of nitrogens with one attached hydrogen (secondary N) is 1. The molecular weight excluding hydrogens is 460 g/mol. The highest BCUT2D eigenvalue weighted by atomic mass is 32.2. The number of rotatable bonds is 6. The van der Waals surface area contributed by atoms with Crippen molar-refractivity contribution < 1.29 is 13.2 Å². The van der Waals surface area contributed by atoms with Crippen LogP contribution in [0.5, 0.6) is 0 Å². The van der Waals surface area contributed by atoms with Crippen LogP contribution in [0.25, 0.3) is 10.9 Å². The van der Waals surface area contributed by atoms with Crippen LogP contribution in [0.3, 0.4) is 0 Å². The average molecular weight is 487 g/mol.